The highest BCUT2D eigenvalue weighted by molar-refractivity contribution is 7.13. The molecule has 6 nitrogen and oxygen atoms in total. The molecule has 0 saturated carbocycles. The molecule has 0 fully saturated rings. The Morgan fingerprint density at radius 2 is 2.00 bits per heavy atom. The summed E-state index contributed by atoms with van der Waals surface area (Å²) < 4.78 is 18.1. The van der Waals surface area contributed by atoms with Gasteiger partial charge in [-0.2, -0.15) is 5.26 Å². The Balaban J connectivity index is 1.92. The summed E-state index contributed by atoms with van der Waals surface area (Å²) >= 11 is 1.32. The number of aryl methyl sites for hydroxylation is 1. The van der Waals surface area contributed by atoms with E-state index < -0.39 is 11.8 Å². The number of ketones is 1. The molecule has 2 aromatic heterocycles. The van der Waals surface area contributed by atoms with Gasteiger partial charge in [0.25, 0.3) is 0 Å². The van der Waals surface area contributed by atoms with Crippen molar-refractivity contribution < 1.29 is 18.7 Å². The standard InChI is InChI=1S/C22H18FN3O3S/c1-4-29-22(28)18-12(2)19(25-13(18)3)20(27)15(10-24)9-17-11-30-21(26-17)14-5-7-16(23)8-6-14/h5-9,11,25H,4H2,1-3H3/b15-9+. The minimum atomic E-state index is -0.537. The van der Waals surface area contributed by atoms with Crippen molar-refractivity contribution in [2.75, 3.05) is 6.61 Å². The van der Waals surface area contributed by atoms with Gasteiger partial charge >= 0.3 is 5.97 Å². The van der Waals surface area contributed by atoms with E-state index in [-0.39, 0.29) is 23.7 Å². The number of ether oxygens (including phenoxy) is 1. The summed E-state index contributed by atoms with van der Waals surface area (Å²) in [6.07, 6.45) is 1.39. The third-order valence-electron chi connectivity index (χ3n) is 4.41. The van der Waals surface area contributed by atoms with E-state index in [9.17, 15) is 19.2 Å². The zero-order chi connectivity index (χ0) is 21.8. The molecule has 1 aromatic carbocycles. The molecule has 0 bridgehead atoms. The van der Waals surface area contributed by atoms with Crippen LogP contribution >= 0.6 is 11.3 Å². The summed E-state index contributed by atoms with van der Waals surface area (Å²) in [4.78, 5) is 32.4. The number of halogens is 1. The highest BCUT2D eigenvalue weighted by Gasteiger charge is 2.25. The van der Waals surface area contributed by atoms with E-state index in [1.165, 1.54) is 29.5 Å². The van der Waals surface area contributed by atoms with Crippen LogP contribution in [0.1, 0.15) is 44.7 Å². The lowest BCUT2D eigenvalue weighted by atomic mass is 10.0. The van der Waals surface area contributed by atoms with Gasteiger partial charge in [0.2, 0.25) is 5.78 Å². The lowest BCUT2D eigenvalue weighted by molar-refractivity contribution is 0.0525. The molecule has 3 aromatic rings. The first-order valence-corrected chi connectivity index (χ1v) is 9.97. The summed E-state index contributed by atoms with van der Waals surface area (Å²) in [5.74, 6) is -1.40. The normalized spacial score (nSPS) is 11.2. The van der Waals surface area contributed by atoms with Crippen LogP contribution in [0.4, 0.5) is 4.39 Å². The van der Waals surface area contributed by atoms with Crippen LogP contribution in [0.2, 0.25) is 0 Å². The van der Waals surface area contributed by atoms with E-state index in [1.807, 2.05) is 6.07 Å². The number of allylic oxidation sites excluding steroid dienone is 1. The number of Topliss-reactive ketones (excluding diaryl/α,β-unsaturated/α-hetero) is 1. The molecule has 30 heavy (non-hydrogen) atoms. The molecule has 0 aliphatic rings. The van der Waals surface area contributed by atoms with Gasteiger partial charge in [-0.15, -0.1) is 11.3 Å². The molecule has 3 rings (SSSR count). The average Bonchev–Trinajstić information content (AvgIpc) is 3.30. The minimum Gasteiger partial charge on any atom is -0.462 e. The number of benzene rings is 1. The van der Waals surface area contributed by atoms with E-state index in [1.54, 1.807) is 38.3 Å². The molecule has 152 valence electrons. The van der Waals surface area contributed by atoms with Crippen molar-refractivity contribution in [2.45, 2.75) is 20.8 Å². The second-order valence-electron chi connectivity index (χ2n) is 6.43. The Morgan fingerprint density at radius 3 is 2.63 bits per heavy atom. The molecule has 0 unspecified atom stereocenters. The summed E-state index contributed by atoms with van der Waals surface area (Å²) in [7, 11) is 0. The van der Waals surface area contributed by atoms with Gasteiger partial charge in [0.05, 0.1) is 23.6 Å². The van der Waals surface area contributed by atoms with E-state index in [0.29, 0.717) is 27.5 Å². The molecule has 0 saturated heterocycles. The van der Waals surface area contributed by atoms with Crippen molar-refractivity contribution in [3.63, 3.8) is 0 Å². The highest BCUT2D eigenvalue weighted by atomic mass is 32.1. The van der Waals surface area contributed by atoms with Gasteiger partial charge in [0.1, 0.15) is 22.5 Å². The highest BCUT2D eigenvalue weighted by Crippen LogP contribution is 2.26. The van der Waals surface area contributed by atoms with Crippen LogP contribution in [0.25, 0.3) is 16.6 Å². The van der Waals surface area contributed by atoms with Gasteiger partial charge in [-0.25, -0.2) is 14.2 Å². The number of H-pyrrole nitrogens is 1. The minimum absolute atomic E-state index is 0.120. The smallest absolute Gasteiger partial charge is 0.340 e. The number of hydrogen-bond acceptors (Lipinski definition) is 6. The SMILES string of the molecule is CCOC(=O)c1c(C)[nH]c(C(=O)/C(C#N)=C/c2csc(-c3ccc(F)cc3)n2)c1C. The molecule has 2 heterocycles. The van der Waals surface area contributed by atoms with Crippen molar-refractivity contribution in [1.82, 2.24) is 9.97 Å². The number of carbonyl (C=O) groups excluding carboxylic acids is 2. The molecule has 0 aliphatic carbocycles. The Kier molecular flexibility index (Phi) is 6.23. The number of nitriles is 1. The third kappa shape index (κ3) is 4.21. The molecule has 1 N–H and O–H groups in total. The fraction of sp³-hybridized carbons (Fsp3) is 0.182. The van der Waals surface area contributed by atoms with Crippen molar-refractivity contribution in [1.29, 1.82) is 5.26 Å². The van der Waals surface area contributed by atoms with Crippen LogP contribution in [0.15, 0.2) is 35.2 Å². The summed E-state index contributed by atoms with van der Waals surface area (Å²) in [6, 6.07) is 7.81. The molecule has 0 atom stereocenters. The largest absolute Gasteiger partial charge is 0.462 e. The first-order chi connectivity index (χ1) is 14.3. The van der Waals surface area contributed by atoms with Gasteiger partial charge < -0.3 is 9.72 Å². The second kappa shape index (κ2) is 8.84. The van der Waals surface area contributed by atoms with Gasteiger partial charge in [-0.05, 0) is 56.7 Å². The molecule has 0 amide bonds. The van der Waals surface area contributed by atoms with E-state index in [0.717, 1.165) is 5.56 Å². The van der Waals surface area contributed by atoms with Crippen LogP contribution in [-0.4, -0.2) is 28.3 Å². The van der Waals surface area contributed by atoms with Crippen molar-refractivity contribution in [3.8, 4) is 16.6 Å². The molecule has 0 radical (unpaired) electrons. The van der Waals surface area contributed by atoms with E-state index in [4.69, 9.17) is 4.74 Å². The van der Waals surface area contributed by atoms with Crippen LogP contribution in [0, 0.1) is 31.0 Å². The Bertz CT molecular complexity index is 1180. The molecule has 0 spiro atoms. The number of aromatic amines is 1. The number of thiazole rings is 1. The van der Waals surface area contributed by atoms with Gasteiger partial charge in [0.15, 0.2) is 0 Å². The zero-order valence-corrected chi connectivity index (χ0v) is 17.4. The second-order valence-corrected chi connectivity index (χ2v) is 7.29. The Labute approximate surface area is 176 Å². The average molecular weight is 423 g/mol. The summed E-state index contributed by atoms with van der Waals surface area (Å²) in [5.41, 5.74) is 2.45. The number of aromatic nitrogens is 2. The number of nitrogens with zero attached hydrogens (tertiary/aromatic N) is 2. The first kappa shape index (κ1) is 21.1. The van der Waals surface area contributed by atoms with E-state index >= 15 is 0 Å². The fourth-order valence-corrected chi connectivity index (χ4v) is 3.78. The monoisotopic (exact) mass is 423 g/mol. The van der Waals surface area contributed by atoms with Gasteiger partial charge in [0, 0.05) is 16.6 Å². The van der Waals surface area contributed by atoms with Crippen molar-refractivity contribution in [3.05, 3.63) is 69.2 Å². The van der Waals surface area contributed by atoms with Crippen LogP contribution in [0.3, 0.4) is 0 Å². The fourth-order valence-electron chi connectivity index (χ4n) is 3.00. The van der Waals surface area contributed by atoms with E-state index in [2.05, 4.69) is 9.97 Å². The van der Waals surface area contributed by atoms with Crippen LogP contribution in [-0.2, 0) is 4.74 Å². The summed E-state index contributed by atoms with van der Waals surface area (Å²) in [6.45, 7) is 5.22. The topological polar surface area (TPSA) is 95.8 Å². The predicted molar refractivity (Wildman–Crippen MR) is 112 cm³/mol. The van der Waals surface area contributed by atoms with Gasteiger partial charge in [-0.3, -0.25) is 4.79 Å². The zero-order valence-electron chi connectivity index (χ0n) is 16.6. The quantitative estimate of drug-likeness (QED) is 0.264. The maximum Gasteiger partial charge on any atom is 0.340 e. The number of carbonyl (C=O) groups is 2. The number of nitrogens with one attached hydrogen (secondary N) is 1. The van der Waals surface area contributed by atoms with Crippen molar-refractivity contribution >= 4 is 29.2 Å². The summed E-state index contributed by atoms with van der Waals surface area (Å²) in [5, 5.41) is 11.9. The predicted octanol–water partition coefficient (Wildman–Crippen LogP) is 4.86. The van der Waals surface area contributed by atoms with Crippen LogP contribution < -0.4 is 0 Å². The van der Waals surface area contributed by atoms with Gasteiger partial charge in [-0.1, -0.05) is 0 Å². The number of hydrogen-bond donors (Lipinski definition) is 1. The molecular weight excluding hydrogens is 405 g/mol. The Morgan fingerprint density at radius 1 is 1.30 bits per heavy atom. The number of rotatable bonds is 6. The van der Waals surface area contributed by atoms with Crippen molar-refractivity contribution in [2.24, 2.45) is 0 Å². The maximum atomic E-state index is 13.1. The number of esters is 1. The molecular formula is C22H18FN3O3S. The Hall–Kier alpha value is -3.57. The maximum absolute atomic E-state index is 13.1. The molecule has 8 heteroatoms. The lowest BCUT2D eigenvalue weighted by Crippen LogP contribution is -2.08. The van der Waals surface area contributed by atoms with Crippen LogP contribution in [0.5, 0.6) is 0 Å². The third-order valence-corrected chi connectivity index (χ3v) is 5.32. The first-order valence-electron chi connectivity index (χ1n) is 9.10. The molecule has 0 aliphatic heterocycles. The lowest BCUT2D eigenvalue weighted by Gasteiger charge is -2.02.